The number of hydrogen-bond acceptors (Lipinski definition) is 6. The summed E-state index contributed by atoms with van der Waals surface area (Å²) in [7, 11) is 1.53. The molecule has 8 heteroatoms. The van der Waals surface area contributed by atoms with Crippen LogP contribution in [0, 0.1) is 0 Å². The second-order valence-corrected chi connectivity index (χ2v) is 10.4. The smallest absolute Gasteiger partial charge is 0.255 e. The van der Waals surface area contributed by atoms with Gasteiger partial charge in [-0.05, 0) is 48.3 Å². The van der Waals surface area contributed by atoms with Crippen molar-refractivity contribution in [3.63, 3.8) is 0 Å². The monoisotopic (exact) mass is 462 g/mol. The highest BCUT2D eigenvalue weighted by Crippen LogP contribution is 2.45. The largest absolute Gasteiger partial charge is 0.496 e. The number of hydrogen-bond donors (Lipinski definition) is 2. The number of methoxy groups -OCH3 is 1. The standard InChI is InChI=1S/C22H26N2O3S3/c1-27-19-9-4-3-8-17(19)20(25)24-18(10-11-28-2)21(26)23-16-7-5-6-15(14-16)22-29-12-13-30-22/h3-9,14,18,22H,10-13H2,1-2H3,(H,23,26)(H,24,25). The molecule has 30 heavy (non-hydrogen) atoms. The molecule has 1 heterocycles. The molecule has 2 N–H and O–H groups in total. The Morgan fingerprint density at radius 3 is 2.67 bits per heavy atom. The Kier molecular flexibility index (Phi) is 8.84. The summed E-state index contributed by atoms with van der Waals surface area (Å²) in [5.74, 6) is 3.02. The zero-order valence-corrected chi connectivity index (χ0v) is 19.5. The maximum Gasteiger partial charge on any atom is 0.255 e. The third kappa shape index (κ3) is 6.12. The lowest BCUT2D eigenvalue weighted by Gasteiger charge is -2.19. The van der Waals surface area contributed by atoms with Crippen LogP contribution in [0.15, 0.2) is 48.5 Å². The van der Waals surface area contributed by atoms with E-state index in [0.717, 1.165) is 22.9 Å². The number of carbonyl (C=O) groups is 2. The van der Waals surface area contributed by atoms with E-state index in [2.05, 4.69) is 16.7 Å². The van der Waals surface area contributed by atoms with Crippen molar-refractivity contribution in [3.05, 3.63) is 59.7 Å². The Hall–Kier alpha value is -1.77. The van der Waals surface area contributed by atoms with Crippen LogP contribution >= 0.6 is 35.3 Å². The first kappa shape index (κ1) is 22.9. The first-order chi connectivity index (χ1) is 14.6. The Morgan fingerprint density at radius 1 is 1.17 bits per heavy atom. The average Bonchev–Trinajstić information content (AvgIpc) is 3.31. The van der Waals surface area contributed by atoms with Crippen molar-refractivity contribution in [1.29, 1.82) is 0 Å². The van der Waals surface area contributed by atoms with Crippen molar-refractivity contribution >= 4 is 52.8 Å². The van der Waals surface area contributed by atoms with E-state index in [0.29, 0.717) is 22.3 Å². The van der Waals surface area contributed by atoms with Gasteiger partial charge in [-0.25, -0.2) is 0 Å². The van der Waals surface area contributed by atoms with E-state index in [1.54, 1.807) is 36.0 Å². The van der Waals surface area contributed by atoms with Crippen molar-refractivity contribution in [3.8, 4) is 5.75 Å². The quantitative estimate of drug-likeness (QED) is 0.565. The maximum atomic E-state index is 13.0. The van der Waals surface area contributed by atoms with Gasteiger partial charge >= 0.3 is 0 Å². The Labute approximate surface area is 190 Å². The molecular formula is C22H26N2O3S3. The Balaban J connectivity index is 1.71. The van der Waals surface area contributed by atoms with E-state index in [1.807, 2.05) is 48.0 Å². The maximum absolute atomic E-state index is 13.0. The second kappa shape index (κ2) is 11.6. The molecule has 0 saturated carbocycles. The van der Waals surface area contributed by atoms with E-state index < -0.39 is 6.04 Å². The minimum Gasteiger partial charge on any atom is -0.496 e. The molecule has 1 fully saturated rings. The summed E-state index contributed by atoms with van der Waals surface area (Å²) >= 11 is 5.50. The molecule has 160 valence electrons. The van der Waals surface area contributed by atoms with Crippen LogP contribution in [0.1, 0.15) is 26.9 Å². The molecule has 0 radical (unpaired) electrons. The van der Waals surface area contributed by atoms with E-state index in [4.69, 9.17) is 4.74 Å². The predicted octanol–water partition coefficient (Wildman–Crippen LogP) is 4.66. The molecule has 5 nitrogen and oxygen atoms in total. The summed E-state index contributed by atoms with van der Waals surface area (Å²) in [6.45, 7) is 0. The summed E-state index contributed by atoms with van der Waals surface area (Å²) < 4.78 is 5.69. The minimum absolute atomic E-state index is 0.212. The number of rotatable bonds is 9. The van der Waals surface area contributed by atoms with Gasteiger partial charge in [0.15, 0.2) is 0 Å². The fraction of sp³-hybridized carbons (Fsp3) is 0.364. The highest BCUT2D eigenvalue weighted by atomic mass is 32.2. The molecule has 0 aromatic heterocycles. The molecule has 2 aromatic carbocycles. The van der Waals surface area contributed by atoms with E-state index in [9.17, 15) is 9.59 Å². The molecule has 1 saturated heterocycles. The number of para-hydroxylation sites is 1. The lowest BCUT2D eigenvalue weighted by Crippen LogP contribution is -2.44. The van der Waals surface area contributed by atoms with Crippen LogP contribution < -0.4 is 15.4 Å². The van der Waals surface area contributed by atoms with Crippen LogP contribution in [0.3, 0.4) is 0 Å². The Bertz CT molecular complexity index is 872. The summed E-state index contributed by atoms with van der Waals surface area (Å²) in [5, 5.41) is 5.87. The summed E-state index contributed by atoms with van der Waals surface area (Å²) in [6.07, 6.45) is 2.53. The molecule has 1 atom stereocenters. The van der Waals surface area contributed by atoms with Gasteiger partial charge in [0.05, 0.1) is 17.3 Å². The minimum atomic E-state index is -0.631. The van der Waals surface area contributed by atoms with Gasteiger partial charge in [0.2, 0.25) is 5.91 Å². The number of amides is 2. The van der Waals surface area contributed by atoms with Gasteiger partial charge in [-0.15, -0.1) is 23.5 Å². The molecule has 2 amide bonds. The van der Waals surface area contributed by atoms with Crippen LogP contribution in [-0.4, -0.2) is 48.5 Å². The van der Waals surface area contributed by atoms with Crippen molar-refractivity contribution in [2.45, 2.75) is 17.0 Å². The highest BCUT2D eigenvalue weighted by Gasteiger charge is 2.23. The topological polar surface area (TPSA) is 67.4 Å². The normalized spacial score (nSPS) is 14.9. The number of benzene rings is 2. The molecule has 2 aromatic rings. The van der Waals surface area contributed by atoms with Gasteiger partial charge in [-0.2, -0.15) is 11.8 Å². The average molecular weight is 463 g/mol. The fourth-order valence-corrected chi connectivity index (χ4v) is 6.43. The number of carbonyl (C=O) groups excluding carboxylic acids is 2. The van der Waals surface area contributed by atoms with Crippen LogP contribution in [0.5, 0.6) is 5.75 Å². The lowest BCUT2D eigenvalue weighted by atomic mass is 10.1. The fourth-order valence-electron chi connectivity index (χ4n) is 3.12. The van der Waals surface area contributed by atoms with E-state index in [1.165, 1.54) is 12.7 Å². The first-order valence-electron chi connectivity index (χ1n) is 9.69. The molecule has 1 aliphatic rings. The second-order valence-electron chi connectivity index (χ2n) is 6.70. The van der Waals surface area contributed by atoms with E-state index in [-0.39, 0.29) is 11.8 Å². The zero-order valence-electron chi connectivity index (χ0n) is 17.1. The Morgan fingerprint density at radius 2 is 1.93 bits per heavy atom. The number of ether oxygens (including phenoxy) is 1. The van der Waals surface area contributed by atoms with Crippen molar-refractivity contribution in [2.24, 2.45) is 0 Å². The molecule has 1 aliphatic heterocycles. The van der Waals surface area contributed by atoms with E-state index >= 15 is 0 Å². The lowest BCUT2D eigenvalue weighted by molar-refractivity contribution is -0.118. The van der Waals surface area contributed by atoms with Gasteiger partial charge in [0, 0.05) is 17.2 Å². The zero-order chi connectivity index (χ0) is 21.3. The third-order valence-electron chi connectivity index (χ3n) is 4.63. The summed E-state index contributed by atoms with van der Waals surface area (Å²) in [6, 6.07) is 14.4. The van der Waals surface area contributed by atoms with Crippen LogP contribution in [0.4, 0.5) is 5.69 Å². The number of thioether (sulfide) groups is 3. The first-order valence-corrected chi connectivity index (χ1v) is 13.2. The molecular weight excluding hydrogens is 436 g/mol. The SMILES string of the molecule is COc1ccccc1C(=O)NC(CCSC)C(=O)Nc1cccc(C2SCCS2)c1. The number of nitrogens with one attached hydrogen (secondary N) is 2. The summed E-state index contributed by atoms with van der Waals surface area (Å²) in [5.41, 5.74) is 2.38. The van der Waals surface area contributed by atoms with Crippen LogP contribution in [0.25, 0.3) is 0 Å². The third-order valence-corrected chi connectivity index (χ3v) is 8.38. The number of anilines is 1. The molecule has 0 aliphatic carbocycles. The van der Waals surface area contributed by atoms with Crippen LogP contribution in [-0.2, 0) is 4.79 Å². The van der Waals surface area contributed by atoms with Crippen molar-refractivity contribution < 1.29 is 14.3 Å². The van der Waals surface area contributed by atoms with Gasteiger partial charge in [0.1, 0.15) is 11.8 Å². The molecule has 1 unspecified atom stereocenters. The van der Waals surface area contributed by atoms with Gasteiger partial charge in [-0.1, -0.05) is 24.3 Å². The molecule has 0 spiro atoms. The highest BCUT2D eigenvalue weighted by molar-refractivity contribution is 8.19. The van der Waals surface area contributed by atoms with Gasteiger partial charge in [0.25, 0.3) is 5.91 Å². The predicted molar refractivity (Wildman–Crippen MR) is 130 cm³/mol. The van der Waals surface area contributed by atoms with Gasteiger partial charge in [-0.3, -0.25) is 9.59 Å². The molecule has 0 bridgehead atoms. The van der Waals surface area contributed by atoms with Crippen molar-refractivity contribution in [2.75, 3.05) is 35.9 Å². The molecule has 3 rings (SSSR count). The van der Waals surface area contributed by atoms with Gasteiger partial charge < -0.3 is 15.4 Å². The van der Waals surface area contributed by atoms with Crippen LogP contribution in [0.2, 0.25) is 0 Å². The summed E-state index contributed by atoms with van der Waals surface area (Å²) in [4.78, 5) is 25.8. The van der Waals surface area contributed by atoms with Crippen molar-refractivity contribution in [1.82, 2.24) is 5.32 Å².